The zero-order chi connectivity index (χ0) is 13.9. The lowest BCUT2D eigenvalue weighted by Crippen LogP contribution is -2.06. The van der Waals surface area contributed by atoms with Crippen molar-refractivity contribution in [2.75, 3.05) is 12.1 Å². The topological polar surface area (TPSA) is 50.7 Å². The maximum Gasteiger partial charge on any atom is 0.231 e. The number of anilines is 1. The number of aliphatic hydroxyl groups is 1. The van der Waals surface area contributed by atoms with E-state index in [-0.39, 0.29) is 12.6 Å². The molecule has 2 aromatic carbocycles. The third kappa shape index (κ3) is 2.56. The van der Waals surface area contributed by atoms with Gasteiger partial charge in [0.25, 0.3) is 0 Å². The van der Waals surface area contributed by atoms with Crippen LogP contribution in [0.5, 0.6) is 11.5 Å². The Morgan fingerprint density at radius 2 is 1.85 bits per heavy atom. The quantitative estimate of drug-likeness (QED) is 0.897. The number of hydrogen-bond donors (Lipinski definition) is 2. The van der Waals surface area contributed by atoms with Gasteiger partial charge in [-0.25, -0.2) is 0 Å². The zero-order valence-electron chi connectivity index (χ0n) is 11.3. The Hall–Kier alpha value is -2.20. The second kappa shape index (κ2) is 5.43. The summed E-state index contributed by atoms with van der Waals surface area (Å²) in [6.07, 6.45) is 0. The van der Waals surface area contributed by atoms with Gasteiger partial charge in [0, 0.05) is 11.7 Å². The summed E-state index contributed by atoms with van der Waals surface area (Å²) in [5, 5.41) is 12.5. The predicted molar refractivity (Wildman–Crippen MR) is 77.0 cm³/mol. The van der Waals surface area contributed by atoms with E-state index in [1.807, 2.05) is 42.5 Å². The molecule has 1 heterocycles. The van der Waals surface area contributed by atoms with Crippen LogP contribution in [-0.2, 0) is 6.61 Å². The molecule has 1 aliphatic heterocycles. The number of fused-ring (bicyclic) bond motifs is 1. The van der Waals surface area contributed by atoms with Crippen molar-refractivity contribution < 1.29 is 14.6 Å². The first kappa shape index (κ1) is 12.8. The minimum Gasteiger partial charge on any atom is -0.454 e. The zero-order valence-corrected chi connectivity index (χ0v) is 11.3. The van der Waals surface area contributed by atoms with Crippen LogP contribution >= 0.6 is 0 Å². The van der Waals surface area contributed by atoms with Crippen molar-refractivity contribution >= 4 is 5.69 Å². The summed E-state index contributed by atoms with van der Waals surface area (Å²) in [7, 11) is 0. The summed E-state index contributed by atoms with van der Waals surface area (Å²) >= 11 is 0. The lowest BCUT2D eigenvalue weighted by atomic mass is 10.1. The van der Waals surface area contributed by atoms with Gasteiger partial charge in [-0.3, -0.25) is 0 Å². The Bertz CT molecular complexity index is 595. The van der Waals surface area contributed by atoms with Gasteiger partial charge in [-0.15, -0.1) is 0 Å². The maximum atomic E-state index is 9.03. The molecule has 0 saturated heterocycles. The molecular weight excluding hydrogens is 254 g/mol. The summed E-state index contributed by atoms with van der Waals surface area (Å²) < 4.78 is 10.7. The van der Waals surface area contributed by atoms with Gasteiger partial charge in [-0.1, -0.05) is 18.2 Å². The fraction of sp³-hybridized carbons (Fsp3) is 0.250. The van der Waals surface area contributed by atoms with E-state index in [1.165, 1.54) is 0 Å². The van der Waals surface area contributed by atoms with Crippen LogP contribution in [-0.4, -0.2) is 11.9 Å². The van der Waals surface area contributed by atoms with Crippen LogP contribution in [0.25, 0.3) is 0 Å². The van der Waals surface area contributed by atoms with Crippen molar-refractivity contribution in [3.05, 3.63) is 53.6 Å². The molecule has 3 rings (SSSR count). The van der Waals surface area contributed by atoms with Gasteiger partial charge >= 0.3 is 0 Å². The number of rotatable bonds is 4. The first-order chi connectivity index (χ1) is 9.76. The minimum atomic E-state index is 0.0675. The van der Waals surface area contributed by atoms with Crippen LogP contribution in [0.3, 0.4) is 0 Å². The highest BCUT2D eigenvalue weighted by Crippen LogP contribution is 2.34. The van der Waals surface area contributed by atoms with Gasteiger partial charge in [0.1, 0.15) is 0 Å². The molecule has 1 unspecified atom stereocenters. The van der Waals surface area contributed by atoms with E-state index in [4.69, 9.17) is 14.6 Å². The van der Waals surface area contributed by atoms with Gasteiger partial charge in [0.15, 0.2) is 11.5 Å². The van der Waals surface area contributed by atoms with Crippen LogP contribution in [0.15, 0.2) is 42.5 Å². The van der Waals surface area contributed by atoms with Gasteiger partial charge < -0.3 is 19.9 Å². The molecule has 2 N–H and O–H groups in total. The molecule has 0 aliphatic carbocycles. The summed E-state index contributed by atoms with van der Waals surface area (Å²) in [4.78, 5) is 0. The number of aliphatic hydroxyl groups excluding tert-OH is 1. The Labute approximate surface area is 118 Å². The first-order valence-corrected chi connectivity index (χ1v) is 6.62. The highest BCUT2D eigenvalue weighted by atomic mass is 16.7. The van der Waals surface area contributed by atoms with Crippen LogP contribution in [0, 0.1) is 0 Å². The van der Waals surface area contributed by atoms with Crippen LogP contribution < -0.4 is 14.8 Å². The Balaban J connectivity index is 1.73. The smallest absolute Gasteiger partial charge is 0.231 e. The van der Waals surface area contributed by atoms with E-state index in [1.54, 1.807) is 0 Å². The first-order valence-electron chi connectivity index (χ1n) is 6.62. The third-order valence-electron chi connectivity index (χ3n) is 3.42. The second-order valence-corrected chi connectivity index (χ2v) is 4.83. The molecule has 2 aromatic rings. The van der Waals surface area contributed by atoms with Gasteiger partial charge in [0.2, 0.25) is 6.79 Å². The lowest BCUT2D eigenvalue weighted by molar-refractivity contribution is 0.174. The highest BCUT2D eigenvalue weighted by molar-refractivity contribution is 5.49. The molecule has 1 atom stereocenters. The fourth-order valence-corrected chi connectivity index (χ4v) is 2.22. The normalized spacial score (nSPS) is 14.1. The average molecular weight is 271 g/mol. The lowest BCUT2D eigenvalue weighted by Gasteiger charge is -2.16. The van der Waals surface area contributed by atoms with E-state index in [0.717, 1.165) is 28.3 Å². The summed E-state index contributed by atoms with van der Waals surface area (Å²) in [6.45, 7) is 2.46. The Morgan fingerprint density at radius 3 is 2.60 bits per heavy atom. The molecule has 0 spiro atoms. The molecule has 4 nitrogen and oxygen atoms in total. The van der Waals surface area contributed by atoms with Crippen molar-refractivity contribution in [3.63, 3.8) is 0 Å². The van der Waals surface area contributed by atoms with E-state index in [9.17, 15) is 0 Å². The van der Waals surface area contributed by atoms with Crippen molar-refractivity contribution in [2.24, 2.45) is 0 Å². The number of benzene rings is 2. The predicted octanol–water partition coefficient (Wildman–Crippen LogP) is 3.08. The molecule has 0 radical (unpaired) electrons. The third-order valence-corrected chi connectivity index (χ3v) is 3.42. The standard InChI is InChI=1S/C16H17NO3/c1-11(17-14-5-2-12(9-18)3-6-14)13-4-7-15-16(8-13)20-10-19-15/h2-8,11,17-18H,9-10H2,1H3. The molecular formula is C16H17NO3. The molecule has 20 heavy (non-hydrogen) atoms. The van der Waals surface area contributed by atoms with Crippen LogP contribution in [0.2, 0.25) is 0 Å². The largest absolute Gasteiger partial charge is 0.454 e. The van der Waals surface area contributed by atoms with Gasteiger partial charge in [-0.2, -0.15) is 0 Å². The highest BCUT2D eigenvalue weighted by Gasteiger charge is 2.15. The van der Waals surface area contributed by atoms with Crippen LogP contribution in [0.4, 0.5) is 5.69 Å². The molecule has 4 heteroatoms. The van der Waals surface area contributed by atoms with Gasteiger partial charge in [-0.05, 0) is 42.3 Å². The Morgan fingerprint density at radius 1 is 1.10 bits per heavy atom. The van der Waals surface area contributed by atoms with E-state index >= 15 is 0 Å². The number of nitrogens with one attached hydrogen (secondary N) is 1. The minimum absolute atomic E-state index is 0.0675. The van der Waals surface area contributed by atoms with Crippen LogP contribution in [0.1, 0.15) is 24.1 Å². The van der Waals surface area contributed by atoms with E-state index in [2.05, 4.69) is 12.2 Å². The Kier molecular flexibility index (Phi) is 3.48. The fourth-order valence-electron chi connectivity index (χ4n) is 2.22. The SMILES string of the molecule is CC(Nc1ccc(CO)cc1)c1ccc2c(c1)OCO2. The van der Waals surface area contributed by atoms with Crippen molar-refractivity contribution in [3.8, 4) is 11.5 Å². The number of ether oxygens (including phenoxy) is 2. The van der Waals surface area contributed by atoms with E-state index < -0.39 is 0 Å². The van der Waals surface area contributed by atoms with Crippen molar-refractivity contribution in [1.82, 2.24) is 0 Å². The summed E-state index contributed by atoms with van der Waals surface area (Å²) in [5.41, 5.74) is 3.07. The molecule has 0 bridgehead atoms. The summed E-state index contributed by atoms with van der Waals surface area (Å²) in [6, 6.07) is 13.9. The van der Waals surface area contributed by atoms with E-state index in [0.29, 0.717) is 6.79 Å². The molecule has 0 saturated carbocycles. The second-order valence-electron chi connectivity index (χ2n) is 4.83. The monoisotopic (exact) mass is 271 g/mol. The van der Waals surface area contributed by atoms with Crippen molar-refractivity contribution in [1.29, 1.82) is 0 Å². The molecule has 0 fully saturated rings. The molecule has 104 valence electrons. The molecule has 0 amide bonds. The maximum absolute atomic E-state index is 9.03. The molecule has 0 aromatic heterocycles. The summed E-state index contributed by atoms with van der Waals surface area (Å²) in [5.74, 6) is 1.60. The van der Waals surface area contributed by atoms with Crippen molar-refractivity contribution in [2.45, 2.75) is 19.6 Å². The molecule has 1 aliphatic rings. The average Bonchev–Trinajstić information content (AvgIpc) is 2.95. The van der Waals surface area contributed by atoms with Gasteiger partial charge in [0.05, 0.1) is 6.61 Å². The number of hydrogen-bond acceptors (Lipinski definition) is 4.